The van der Waals surface area contributed by atoms with Crippen molar-refractivity contribution in [3.05, 3.63) is 89.4 Å². The van der Waals surface area contributed by atoms with Crippen LogP contribution in [0, 0.1) is 5.82 Å². The van der Waals surface area contributed by atoms with E-state index in [-0.39, 0.29) is 5.82 Å². The Morgan fingerprint density at radius 2 is 1.69 bits per heavy atom. The standard InChI is InChI=1S/C9H10FN.C7H7ClO.C7H8OS/c1-6(2)8-4-3-7(11)5-9(8)10;1-5(2)6-3-4-7(8)9-6;1-5(2)6-3-7(8)9-4-6/h3-5H,1,11H2,2H3;3-4H,1H2,2H3;3-4,8H,1H2,2H3. The van der Waals surface area contributed by atoms with Crippen molar-refractivity contribution in [2.45, 2.75) is 20.8 Å². The van der Waals surface area contributed by atoms with E-state index in [1.807, 2.05) is 19.2 Å². The van der Waals surface area contributed by atoms with Gasteiger partial charge in [0, 0.05) is 16.6 Å². The van der Waals surface area contributed by atoms with Crippen LogP contribution in [0.5, 0.6) is 5.06 Å². The van der Waals surface area contributed by atoms with E-state index < -0.39 is 0 Å². The Morgan fingerprint density at radius 1 is 1.03 bits per heavy atom. The molecule has 3 rings (SSSR count). The van der Waals surface area contributed by atoms with Gasteiger partial charge in [0.05, 0.1) is 0 Å². The molecule has 0 atom stereocenters. The van der Waals surface area contributed by atoms with Gasteiger partial charge >= 0.3 is 0 Å². The van der Waals surface area contributed by atoms with Crippen LogP contribution in [0.25, 0.3) is 16.7 Å². The third-order valence-corrected chi connectivity index (χ3v) is 4.46. The zero-order valence-corrected chi connectivity index (χ0v) is 18.3. The van der Waals surface area contributed by atoms with E-state index in [0.717, 1.165) is 22.5 Å². The molecule has 0 bridgehead atoms. The molecule has 0 aliphatic carbocycles. The molecule has 0 spiro atoms. The average molecular weight is 434 g/mol. The number of allylic oxidation sites excluding steroid dienone is 3. The highest BCUT2D eigenvalue weighted by Crippen LogP contribution is 2.25. The first-order valence-corrected chi connectivity index (χ1v) is 9.82. The van der Waals surface area contributed by atoms with Gasteiger partial charge in [0.2, 0.25) is 0 Å². The Hall–Kier alpha value is -2.76. The zero-order chi connectivity index (χ0) is 22.1. The number of aromatic hydroxyl groups is 1. The zero-order valence-electron chi connectivity index (χ0n) is 16.8. The van der Waals surface area contributed by atoms with Gasteiger partial charge in [-0.05, 0) is 85.5 Å². The van der Waals surface area contributed by atoms with Crippen molar-refractivity contribution >= 4 is 45.3 Å². The van der Waals surface area contributed by atoms with Crippen LogP contribution < -0.4 is 5.73 Å². The van der Waals surface area contributed by atoms with Gasteiger partial charge in [-0.25, -0.2) is 4.39 Å². The highest BCUT2D eigenvalue weighted by molar-refractivity contribution is 7.11. The topological polar surface area (TPSA) is 59.4 Å². The van der Waals surface area contributed by atoms with Gasteiger partial charge in [0.15, 0.2) is 10.3 Å². The lowest BCUT2D eigenvalue weighted by molar-refractivity contribution is 0.491. The summed E-state index contributed by atoms with van der Waals surface area (Å²) in [6, 6.07) is 9.80. The summed E-state index contributed by atoms with van der Waals surface area (Å²) in [7, 11) is 0. The van der Waals surface area contributed by atoms with Crippen molar-refractivity contribution in [2.24, 2.45) is 0 Å². The predicted molar refractivity (Wildman–Crippen MR) is 125 cm³/mol. The summed E-state index contributed by atoms with van der Waals surface area (Å²) in [5.41, 5.74) is 9.94. The molecule has 3 aromatic rings. The van der Waals surface area contributed by atoms with Crippen molar-refractivity contribution < 1.29 is 13.9 Å². The van der Waals surface area contributed by atoms with Gasteiger partial charge in [-0.3, -0.25) is 0 Å². The molecule has 3 nitrogen and oxygen atoms in total. The Kier molecular flexibility index (Phi) is 9.45. The quantitative estimate of drug-likeness (QED) is 0.412. The van der Waals surface area contributed by atoms with Gasteiger partial charge in [-0.1, -0.05) is 25.3 Å². The number of hydrogen-bond donors (Lipinski definition) is 2. The molecular formula is C23H25ClFNO2S. The number of halogens is 2. The fourth-order valence-electron chi connectivity index (χ4n) is 1.97. The molecule has 0 aliphatic rings. The third kappa shape index (κ3) is 8.42. The van der Waals surface area contributed by atoms with E-state index in [1.165, 1.54) is 17.4 Å². The van der Waals surface area contributed by atoms with Crippen molar-refractivity contribution in [1.82, 2.24) is 0 Å². The normalized spacial score (nSPS) is 9.55. The van der Waals surface area contributed by atoms with Gasteiger partial charge in [0.25, 0.3) is 0 Å². The minimum Gasteiger partial charge on any atom is -0.499 e. The second-order valence-corrected chi connectivity index (χ2v) is 7.62. The smallest absolute Gasteiger partial charge is 0.193 e. The fourth-order valence-corrected chi connectivity index (χ4v) is 2.83. The number of nitrogens with two attached hydrogens (primary N) is 1. The molecule has 2 heterocycles. The first-order chi connectivity index (χ1) is 13.5. The van der Waals surface area contributed by atoms with Gasteiger partial charge in [-0.15, -0.1) is 11.3 Å². The summed E-state index contributed by atoms with van der Waals surface area (Å²) in [6.45, 7) is 16.6. The highest BCUT2D eigenvalue weighted by Gasteiger charge is 2.01. The summed E-state index contributed by atoms with van der Waals surface area (Å²) in [4.78, 5) is 0. The van der Waals surface area contributed by atoms with Crippen molar-refractivity contribution in [3.8, 4) is 5.06 Å². The van der Waals surface area contributed by atoms with Gasteiger partial charge in [0.1, 0.15) is 11.6 Å². The number of hydrogen-bond acceptors (Lipinski definition) is 4. The van der Waals surface area contributed by atoms with Crippen LogP contribution in [0.2, 0.25) is 5.22 Å². The minimum absolute atomic E-state index is 0.308. The Balaban J connectivity index is 0.000000219. The van der Waals surface area contributed by atoms with Crippen LogP contribution >= 0.6 is 22.9 Å². The molecule has 0 aliphatic heterocycles. The Bertz CT molecular complexity index is 954. The van der Waals surface area contributed by atoms with E-state index >= 15 is 0 Å². The number of furan rings is 1. The van der Waals surface area contributed by atoms with E-state index in [1.54, 1.807) is 37.3 Å². The number of benzene rings is 1. The molecule has 0 fully saturated rings. The molecule has 29 heavy (non-hydrogen) atoms. The maximum Gasteiger partial charge on any atom is 0.193 e. The molecule has 0 saturated carbocycles. The van der Waals surface area contributed by atoms with Crippen LogP contribution in [0.4, 0.5) is 10.1 Å². The van der Waals surface area contributed by atoms with Crippen LogP contribution in [0.3, 0.4) is 0 Å². The molecule has 3 N–H and O–H groups in total. The summed E-state index contributed by atoms with van der Waals surface area (Å²) in [5.74, 6) is 0.442. The summed E-state index contributed by atoms with van der Waals surface area (Å²) in [6.07, 6.45) is 0. The maximum atomic E-state index is 13.0. The SMILES string of the molecule is C=C(C)c1ccc(Cl)o1.C=C(C)c1ccc(N)cc1F.C=C(C)c1csc(O)c1. The lowest BCUT2D eigenvalue weighted by Crippen LogP contribution is -1.90. The summed E-state index contributed by atoms with van der Waals surface area (Å²) in [5, 5.41) is 11.5. The first-order valence-electron chi connectivity index (χ1n) is 8.56. The molecule has 0 radical (unpaired) electrons. The van der Waals surface area contributed by atoms with Gasteiger partial charge in [-0.2, -0.15) is 0 Å². The Labute approximate surface area is 180 Å². The van der Waals surface area contributed by atoms with E-state index in [4.69, 9.17) is 26.9 Å². The van der Waals surface area contributed by atoms with E-state index in [2.05, 4.69) is 19.7 Å². The van der Waals surface area contributed by atoms with Crippen LogP contribution in [-0.4, -0.2) is 5.11 Å². The molecule has 2 aromatic heterocycles. The van der Waals surface area contributed by atoms with Gasteiger partial charge < -0.3 is 15.3 Å². The number of rotatable bonds is 3. The summed E-state index contributed by atoms with van der Waals surface area (Å²) < 4.78 is 18.0. The monoisotopic (exact) mass is 433 g/mol. The van der Waals surface area contributed by atoms with Crippen LogP contribution in [0.1, 0.15) is 37.7 Å². The number of anilines is 1. The lowest BCUT2D eigenvalue weighted by Gasteiger charge is -2.01. The maximum absolute atomic E-state index is 13.0. The minimum atomic E-state index is -0.308. The lowest BCUT2D eigenvalue weighted by atomic mass is 10.1. The number of thiophene rings is 1. The molecular weight excluding hydrogens is 409 g/mol. The second kappa shape index (κ2) is 11.3. The molecule has 0 amide bonds. The largest absolute Gasteiger partial charge is 0.499 e. The fraction of sp³-hybridized carbons (Fsp3) is 0.130. The second-order valence-electron chi connectivity index (χ2n) is 6.36. The molecule has 6 heteroatoms. The number of nitrogen functional groups attached to an aromatic ring is 1. The third-order valence-electron chi connectivity index (χ3n) is 3.53. The van der Waals surface area contributed by atoms with Crippen molar-refractivity contribution in [2.75, 3.05) is 5.73 Å². The molecule has 1 aromatic carbocycles. The summed E-state index contributed by atoms with van der Waals surface area (Å²) >= 11 is 6.82. The molecule has 0 saturated heterocycles. The predicted octanol–water partition coefficient (Wildman–Crippen LogP) is 7.89. The van der Waals surface area contributed by atoms with Crippen LogP contribution in [-0.2, 0) is 0 Å². The first kappa shape index (κ1) is 24.3. The van der Waals surface area contributed by atoms with Crippen LogP contribution in [0.15, 0.2) is 65.9 Å². The van der Waals surface area contributed by atoms with E-state index in [0.29, 0.717) is 27.1 Å². The highest BCUT2D eigenvalue weighted by atomic mass is 35.5. The van der Waals surface area contributed by atoms with Crippen molar-refractivity contribution in [3.63, 3.8) is 0 Å². The van der Waals surface area contributed by atoms with E-state index in [9.17, 15) is 4.39 Å². The Morgan fingerprint density at radius 3 is 2.00 bits per heavy atom. The molecule has 154 valence electrons. The average Bonchev–Trinajstić information content (AvgIpc) is 3.24. The van der Waals surface area contributed by atoms with Crippen molar-refractivity contribution in [1.29, 1.82) is 0 Å². The molecule has 0 unspecified atom stereocenters.